The number of carbonyl (C=O) groups is 1. The number of carbonyl (C=O) groups excluding carboxylic acids is 1. The van der Waals surface area contributed by atoms with Crippen LogP contribution in [-0.2, 0) is 4.79 Å². The Kier molecular flexibility index (Phi) is 8.46. The van der Waals surface area contributed by atoms with Crippen LogP contribution in [0.1, 0.15) is 24.1 Å². The maximum atomic E-state index is 12.5. The molecule has 0 spiro atoms. The molecule has 0 fully saturated rings. The molecule has 0 aliphatic heterocycles. The van der Waals surface area contributed by atoms with Crippen LogP contribution in [0, 0.1) is 12.8 Å². The third-order valence-electron chi connectivity index (χ3n) is 4.21. The van der Waals surface area contributed by atoms with E-state index in [4.69, 9.17) is 10.5 Å². The van der Waals surface area contributed by atoms with Gasteiger partial charge in [0.1, 0.15) is 12.4 Å². The molecule has 136 valence electrons. The van der Waals surface area contributed by atoms with Crippen LogP contribution >= 0.6 is 12.4 Å². The number of ether oxygens (including phenoxy) is 1. The van der Waals surface area contributed by atoms with E-state index in [0.717, 1.165) is 11.3 Å². The Labute approximate surface area is 156 Å². The van der Waals surface area contributed by atoms with Crippen molar-refractivity contribution in [3.8, 4) is 5.75 Å². The zero-order valence-corrected chi connectivity index (χ0v) is 15.8. The predicted molar refractivity (Wildman–Crippen MR) is 104 cm³/mol. The highest BCUT2D eigenvalue weighted by molar-refractivity contribution is 5.85. The van der Waals surface area contributed by atoms with E-state index < -0.39 is 0 Å². The number of amides is 1. The van der Waals surface area contributed by atoms with Crippen molar-refractivity contribution >= 4 is 18.3 Å². The summed E-state index contributed by atoms with van der Waals surface area (Å²) in [5, 5.41) is 0. The first kappa shape index (κ1) is 21.0. The van der Waals surface area contributed by atoms with E-state index in [2.05, 4.69) is 0 Å². The van der Waals surface area contributed by atoms with Gasteiger partial charge in [0.2, 0.25) is 5.91 Å². The Balaban J connectivity index is 0.00000312. The SMILES string of the molecule is Cc1ccc(OCCN(C)C(=O)C(C)C(N)c2ccccc2)cc1.Cl. The molecule has 2 unspecified atom stereocenters. The maximum Gasteiger partial charge on any atom is 0.227 e. The normalized spacial score (nSPS) is 12.6. The van der Waals surface area contributed by atoms with E-state index in [1.807, 2.05) is 68.4 Å². The zero-order chi connectivity index (χ0) is 17.5. The van der Waals surface area contributed by atoms with Gasteiger partial charge in [-0.3, -0.25) is 4.79 Å². The first-order valence-corrected chi connectivity index (χ1v) is 8.24. The van der Waals surface area contributed by atoms with Gasteiger partial charge in [-0.05, 0) is 24.6 Å². The van der Waals surface area contributed by atoms with Gasteiger partial charge in [-0.2, -0.15) is 0 Å². The minimum absolute atomic E-state index is 0. The van der Waals surface area contributed by atoms with E-state index in [1.54, 1.807) is 11.9 Å². The smallest absolute Gasteiger partial charge is 0.227 e. The summed E-state index contributed by atoms with van der Waals surface area (Å²) in [4.78, 5) is 14.2. The van der Waals surface area contributed by atoms with E-state index in [9.17, 15) is 4.79 Å². The molecule has 1 amide bonds. The predicted octanol–water partition coefficient (Wildman–Crippen LogP) is 3.59. The van der Waals surface area contributed by atoms with Crippen LogP contribution in [0.15, 0.2) is 54.6 Å². The first-order chi connectivity index (χ1) is 11.5. The molecule has 2 atom stereocenters. The van der Waals surface area contributed by atoms with Crippen LogP contribution in [0.3, 0.4) is 0 Å². The van der Waals surface area contributed by atoms with Crippen molar-refractivity contribution in [2.45, 2.75) is 19.9 Å². The second kappa shape index (κ2) is 10.1. The molecular formula is C20H27ClN2O2. The lowest BCUT2D eigenvalue weighted by molar-refractivity contribution is -0.134. The van der Waals surface area contributed by atoms with Gasteiger partial charge < -0.3 is 15.4 Å². The Hall–Kier alpha value is -2.04. The quantitative estimate of drug-likeness (QED) is 0.818. The standard InChI is InChI=1S/C20H26N2O2.ClH/c1-15-9-11-18(12-10-15)24-14-13-22(3)20(23)16(2)19(21)17-7-5-4-6-8-17;/h4-12,16,19H,13-14,21H2,1-3H3;1H. The van der Waals surface area contributed by atoms with Gasteiger partial charge >= 0.3 is 0 Å². The van der Waals surface area contributed by atoms with Crippen LogP contribution in [0.5, 0.6) is 5.75 Å². The van der Waals surface area contributed by atoms with Gasteiger partial charge in [0.15, 0.2) is 0 Å². The van der Waals surface area contributed by atoms with E-state index in [1.165, 1.54) is 5.56 Å². The van der Waals surface area contributed by atoms with Crippen molar-refractivity contribution in [2.24, 2.45) is 11.7 Å². The Bertz CT molecular complexity index is 647. The van der Waals surface area contributed by atoms with Crippen molar-refractivity contribution < 1.29 is 9.53 Å². The number of nitrogens with two attached hydrogens (primary N) is 1. The molecule has 4 nitrogen and oxygen atoms in total. The molecule has 0 bridgehead atoms. The number of aryl methyl sites for hydroxylation is 1. The van der Waals surface area contributed by atoms with Gasteiger partial charge in [-0.1, -0.05) is 55.0 Å². The monoisotopic (exact) mass is 362 g/mol. The largest absolute Gasteiger partial charge is 0.492 e. The van der Waals surface area contributed by atoms with E-state index >= 15 is 0 Å². The summed E-state index contributed by atoms with van der Waals surface area (Å²) in [5.74, 6) is 0.561. The summed E-state index contributed by atoms with van der Waals surface area (Å²) in [5.41, 5.74) is 8.40. The number of benzene rings is 2. The number of rotatable bonds is 7. The molecule has 0 aliphatic carbocycles. The second-order valence-corrected chi connectivity index (χ2v) is 6.15. The average molecular weight is 363 g/mol. The number of hydrogen-bond donors (Lipinski definition) is 1. The van der Waals surface area contributed by atoms with Crippen molar-refractivity contribution in [1.29, 1.82) is 0 Å². The lowest BCUT2D eigenvalue weighted by atomic mass is 9.94. The second-order valence-electron chi connectivity index (χ2n) is 6.15. The number of likely N-dealkylation sites (N-methyl/N-ethyl adjacent to an activating group) is 1. The van der Waals surface area contributed by atoms with Crippen LogP contribution in [0.2, 0.25) is 0 Å². The molecule has 0 saturated heterocycles. The van der Waals surface area contributed by atoms with Gasteiger partial charge in [0, 0.05) is 13.1 Å². The molecule has 2 rings (SSSR count). The molecule has 2 N–H and O–H groups in total. The molecular weight excluding hydrogens is 336 g/mol. The van der Waals surface area contributed by atoms with Crippen LogP contribution in [0.4, 0.5) is 0 Å². The molecule has 0 radical (unpaired) electrons. The number of halogens is 1. The fraction of sp³-hybridized carbons (Fsp3) is 0.350. The van der Waals surface area contributed by atoms with Crippen molar-refractivity contribution in [3.63, 3.8) is 0 Å². The van der Waals surface area contributed by atoms with E-state index in [-0.39, 0.29) is 30.3 Å². The Morgan fingerprint density at radius 3 is 2.32 bits per heavy atom. The average Bonchev–Trinajstić information content (AvgIpc) is 2.62. The highest BCUT2D eigenvalue weighted by Gasteiger charge is 2.24. The summed E-state index contributed by atoms with van der Waals surface area (Å²) in [6, 6.07) is 17.3. The highest BCUT2D eigenvalue weighted by Crippen LogP contribution is 2.20. The first-order valence-electron chi connectivity index (χ1n) is 8.24. The van der Waals surface area contributed by atoms with Crippen molar-refractivity contribution in [1.82, 2.24) is 4.90 Å². The molecule has 0 heterocycles. The number of nitrogens with zero attached hydrogens (tertiary/aromatic N) is 1. The van der Waals surface area contributed by atoms with Crippen LogP contribution in [0.25, 0.3) is 0 Å². The molecule has 0 aromatic heterocycles. The van der Waals surface area contributed by atoms with Crippen molar-refractivity contribution in [2.75, 3.05) is 20.2 Å². The van der Waals surface area contributed by atoms with Crippen LogP contribution in [-0.4, -0.2) is 31.0 Å². The fourth-order valence-electron chi connectivity index (χ4n) is 2.51. The summed E-state index contributed by atoms with van der Waals surface area (Å²) in [7, 11) is 1.79. The third-order valence-corrected chi connectivity index (χ3v) is 4.21. The van der Waals surface area contributed by atoms with E-state index in [0.29, 0.717) is 13.2 Å². The third kappa shape index (κ3) is 6.07. The lowest BCUT2D eigenvalue weighted by Crippen LogP contribution is -2.39. The molecule has 0 aliphatic rings. The molecule has 5 heteroatoms. The summed E-state index contributed by atoms with van der Waals surface area (Å²) in [6.07, 6.45) is 0. The molecule has 25 heavy (non-hydrogen) atoms. The minimum atomic E-state index is -0.306. The van der Waals surface area contributed by atoms with Gasteiger partial charge in [-0.25, -0.2) is 0 Å². The minimum Gasteiger partial charge on any atom is -0.492 e. The zero-order valence-electron chi connectivity index (χ0n) is 15.0. The number of hydrogen-bond acceptors (Lipinski definition) is 3. The fourth-order valence-corrected chi connectivity index (χ4v) is 2.51. The lowest BCUT2D eigenvalue weighted by Gasteiger charge is -2.25. The van der Waals surface area contributed by atoms with Gasteiger partial charge in [0.05, 0.1) is 12.5 Å². The Morgan fingerprint density at radius 2 is 1.72 bits per heavy atom. The Morgan fingerprint density at radius 1 is 1.12 bits per heavy atom. The van der Waals surface area contributed by atoms with Gasteiger partial charge in [-0.15, -0.1) is 12.4 Å². The summed E-state index contributed by atoms with van der Waals surface area (Å²) in [6.45, 7) is 4.89. The van der Waals surface area contributed by atoms with Crippen molar-refractivity contribution in [3.05, 3.63) is 65.7 Å². The summed E-state index contributed by atoms with van der Waals surface area (Å²) >= 11 is 0. The maximum absolute atomic E-state index is 12.5. The van der Waals surface area contributed by atoms with Crippen LogP contribution < -0.4 is 10.5 Å². The summed E-state index contributed by atoms with van der Waals surface area (Å²) < 4.78 is 5.68. The highest BCUT2D eigenvalue weighted by atomic mass is 35.5. The molecule has 2 aromatic carbocycles. The van der Waals surface area contributed by atoms with Gasteiger partial charge in [0.25, 0.3) is 0 Å². The molecule has 0 saturated carbocycles. The topological polar surface area (TPSA) is 55.6 Å². The molecule has 2 aromatic rings.